The molecule has 34 heavy (non-hydrogen) atoms. The SMILES string of the molecule is Cc1ccc(CSc2nc3sc4c(c3c(=O)n2-c2ccc(C)cc2)CCC(C(C)(C)C)C4)cc1. The molecular formula is C29H32N2OS2. The van der Waals surface area contributed by atoms with Crippen LogP contribution >= 0.6 is 23.1 Å². The Morgan fingerprint density at radius 3 is 2.32 bits per heavy atom. The first-order valence-electron chi connectivity index (χ1n) is 12.0. The molecule has 2 aromatic carbocycles. The summed E-state index contributed by atoms with van der Waals surface area (Å²) in [6, 6.07) is 16.8. The number of nitrogens with zero attached hydrogens (tertiary/aromatic N) is 2. The van der Waals surface area contributed by atoms with Crippen LogP contribution in [-0.4, -0.2) is 9.55 Å². The largest absolute Gasteiger partial charge is 0.268 e. The summed E-state index contributed by atoms with van der Waals surface area (Å²) in [4.78, 5) is 21.4. The van der Waals surface area contributed by atoms with Crippen molar-refractivity contribution in [2.24, 2.45) is 11.3 Å². The van der Waals surface area contributed by atoms with E-state index < -0.39 is 0 Å². The molecule has 0 radical (unpaired) electrons. The summed E-state index contributed by atoms with van der Waals surface area (Å²) < 4.78 is 1.84. The van der Waals surface area contributed by atoms with Gasteiger partial charge < -0.3 is 0 Å². The zero-order chi connectivity index (χ0) is 24.0. The molecule has 0 saturated heterocycles. The van der Waals surface area contributed by atoms with E-state index >= 15 is 0 Å². The van der Waals surface area contributed by atoms with Gasteiger partial charge in [0.15, 0.2) is 5.16 Å². The Balaban J connectivity index is 1.62. The zero-order valence-corrected chi connectivity index (χ0v) is 22.3. The minimum Gasteiger partial charge on any atom is -0.268 e. The van der Waals surface area contributed by atoms with Gasteiger partial charge in [0.25, 0.3) is 5.56 Å². The van der Waals surface area contributed by atoms with Gasteiger partial charge in [-0.15, -0.1) is 11.3 Å². The van der Waals surface area contributed by atoms with Gasteiger partial charge in [-0.3, -0.25) is 9.36 Å². The molecule has 0 bridgehead atoms. The van der Waals surface area contributed by atoms with Crippen LogP contribution in [0.15, 0.2) is 58.5 Å². The Bertz CT molecular complexity index is 1390. The second kappa shape index (κ2) is 9.01. The number of thioether (sulfide) groups is 1. The number of thiophene rings is 1. The summed E-state index contributed by atoms with van der Waals surface area (Å²) in [5.41, 5.74) is 6.15. The molecule has 2 aromatic heterocycles. The van der Waals surface area contributed by atoms with Gasteiger partial charge in [0, 0.05) is 10.6 Å². The van der Waals surface area contributed by atoms with Crippen molar-refractivity contribution in [1.29, 1.82) is 0 Å². The van der Waals surface area contributed by atoms with Crippen molar-refractivity contribution in [3.05, 3.63) is 86.0 Å². The predicted molar refractivity (Wildman–Crippen MR) is 146 cm³/mol. The third kappa shape index (κ3) is 4.48. The second-order valence-electron chi connectivity index (χ2n) is 10.6. The number of aromatic nitrogens is 2. The zero-order valence-electron chi connectivity index (χ0n) is 20.6. The summed E-state index contributed by atoms with van der Waals surface area (Å²) in [6.45, 7) is 11.2. The van der Waals surface area contributed by atoms with Crippen LogP contribution in [0, 0.1) is 25.2 Å². The van der Waals surface area contributed by atoms with E-state index in [1.54, 1.807) is 23.1 Å². The monoisotopic (exact) mass is 488 g/mol. The lowest BCUT2D eigenvalue weighted by Gasteiger charge is -2.33. The lowest BCUT2D eigenvalue weighted by Crippen LogP contribution is -2.27. The maximum absolute atomic E-state index is 14.0. The molecule has 0 aliphatic heterocycles. The highest BCUT2D eigenvalue weighted by Gasteiger charge is 2.32. The van der Waals surface area contributed by atoms with E-state index in [0.29, 0.717) is 5.92 Å². The van der Waals surface area contributed by atoms with Gasteiger partial charge in [0.05, 0.1) is 11.1 Å². The number of fused-ring (bicyclic) bond motifs is 3. The highest BCUT2D eigenvalue weighted by Crippen LogP contribution is 2.42. The molecule has 176 valence electrons. The summed E-state index contributed by atoms with van der Waals surface area (Å²) in [6.07, 6.45) is 3.16. The first kappa shape index (κ1) is 23.4. The maximum Gasteiger partial charge on any atom is 0.267 e. The van der Waals surface area contributed by atoms with Gasteiger partial charge in [0.2, 0.25) is 0 Å². The smallest absolute Gasteiger partial charge is 0.267 e. The summed E-state index contributed by atoms with van der Waals surface area (Å²) >= 11 is 3.38. The van der Waals surface area contributed by atoms with Crippen LogP contribution in [0.25, 0.3) is 15.9 Å². The molecule has 1 aliphatic carbocycles. The Morgan fingerprint density at radius 1 is 1.03 bits per heavy atom. The van der Waals surface area contributed by atoms with Crippen molar-refractivity contribution in [2.45, 2.75) is 64.8 Å². The average Bonchev–Trinajstić information content (AvgIpc) is 3.17. The van der Waals surface area contributed by atoms with Crippen LogP contribution in [0.4, 0.5) is 0 Å². The third-order valence-electron chi connectivity index (χ3n) is 7.06. The van der Waals surface area contributed by atoms with Gasteiger partial charge in [-0.2, -0.15) is 0 Å². The van der Waals surface area contributed by atoms with Crippen LogP contribution < -0.4 is 5.56 Å². The molecule has 1 aliphatic rings. The van der Waals surface area contributed by atoms with Crippen LogP contribution in [-0.2, 0) is 18.6 Å². The minimum absolute atomic E-state index is 0.0759. The molecule has 2 heterocycles. The average molecular weight is 489 g/mol. The molecule has 0 spiro atoms. The van der Waals surface area contributed by atoms with Crippen molar-refractivity contribution in [1.82, 2.24) is 9.55 Å². The van der Waals surface area contributed by atoms with Gasteiger partial charge >= 0.3 is 0 Å². The van der Waals surface area contributed by atoms with Crippen molar-refractivity contribution in [2.75, 3.05) is 0 Å². The van der Waals surface area contributed by atoms with Gasteiger partial charge in [0.1, 0.15) is 4.83 Å². The Hall–Kier alpha value is -2.37. The summed E-state index contributed by atoms with van der Waals surface area (Å²) in [5, 5.41) is 1.61. The van der Waals surface area contributed by atoms with E-state index in [2.05, 4.69) is 71.0 Å². The van der Waals surface area contributed by atoms with Crippen LogP contribution in [0.5, 0.6) is 0 Å². The lowest BCUT2D eigenvalue weighted by molar-refractivity contribution is 0.218. The van der Waals surface area contributed by atoms with Crippen LogP contribution in [0.2, 0.25) is 0 Å². The lowest BCUT2D eigenvalue weighted by atomic mass is 9.72. The fraction of sp³-hybridized carbons (Fsp3) is 0.379. The van der Waals surface area contributed by atoms with Crippen molar-refractivity contribution in [3.63, 3.8) is 0 Å². The number of hydrogen-bond acceptors (Lipinski definition) is 4. The van der Waals surface area contributed by atoms with Crippen molar-refractivity contribution < 1.29 is 0 Å². The normalized spacial score (nSPS) is 16.1. The Kier molecular flexibility index (Phi) is 6.19. The Morgan fingerprint density at radius 2 is 1.68 bits per heavy atom. The molecule has 1 atom stereocenters. The number of rotatable bonds is 4. The first-order chi connectivity index (χ1) is 16.2. The summed E-state index contributed by atoms with van der Waals surface area (Å²) in [7, 11) is 0. The summed E-state index contributed by atoms with van der Waals surface area (Å²) in [5.74, 6) is 1.42. The number of benzene rings is 2. The fourth-order valence-electron chi connectivity index (χ4n) is 4.80. The van der Waals surface area contributed by atoms with Crippen LogP contribution in [0.1, 0.15) is 54.3 Å². The standard InChI is InChI=1S/C29H32N2OS2/c1-18-6-10-20(11-7-18)17-33-28-30-26-25(27(32)31(28)22-13-8-19(2)9-14-22)23-15-12-21(29(3,4)5)16-24(23)34-26/h6-11,13-14,21H,12,15-17H2,1-5H3. The first-order valence-corrected chi connectivity index (χ1v) is 13.8. The minimum atomic E-state index is 0.0759. The molecule has 5 heteroatoms. The number of hydrogen-bond donors (Lipinski definition) is 0. The van der Waals surface area contributed by atoms with Gasteiger partial charge in [-0.05, 0) is 67.7 Å². The van der Waals surface area contributed by atoms with Crippen molar-refractivity contribution >= 4 is 33.3 Å². The third-order valence-corrected chi connectivity index (χ3v) is 9.22. The van der Waals surface area contributed by atoms with Gasteiger partial charge in [-0.25, -0.2) is 4.98 Å². The highest BCUT2D eigenvalue weighted by atomic mass is 32.2. The molecule has 0 saturated carbocycles. The van der Waals surface area contributed by atoms with Crippen LogP contribution in [0.3, 0.4) is 0 Å². The molecule has 0 N–H and O–H groups in total. The molecule has 4 aromatic rings. The fourth-order valence-corrected chi connectivity index (χ4v) is 7.11. The van der Waals surface area contributed by atoms with E-state index in [0.717, 1.165) is 46.1 Å². The topological polar surface area (TPSA) is 34.9 Å². The van der Waals surface area contributed by atoms with E-state index in [4.69, 9.17) is 4.98 Å². The quantitative estimate of drug-likeness (QED) is 0.220. The molecule has 1 unspecified atom stereocenters. The Labute approximate surface area is 210 Å². The molecule has 5 rings (SSSR count). The van der Waals surface area contributed by atoms with Gasteiger partial charge in [-0.1, -0.05) is 80.1 Å². The maximum atomic E-state index is 14.0. The van der Waals surface area contributed by atoms with E-state index in [-0.39, 0.29) is 11.0 Å². The second-order valence-corrected chi connectivity index (χ2v) is 12.7. The molecule has 3 nitrogen and oxygen atoms in total. The van der Waals surface area contributed by atoms with E-state index in [1.165, 1.54) is 27.1 Å². The van der Waals surface area contributed by atoms with E-state index in [9.17, 15) is 4.79 Å². The van der Waals surface area contributed by atoms with E-state index in [1.807, 2.05) is 16.7 Å². The predicted octanol–water partition coefficient (Wildman–Crippen LogP) is 7.51. The molecule has 0 amide bonds. The molecular weight excluding hydrogens is 456 g/mol. The highest BCUT2D eigenvalue weighted by molar-refractivity contribution is 7.98. The van der Waals surface area contributed by atoms with Crippen molar-refractivity contribution in [3.8, 4) is 5.69 Å². The molecule has 0 fully saturated rings. The number of aryl methyl sites for hydroxylation is 3.